The molecule has 110 valence electrons. The molecule has 0 radical (unpaired) electrons. The SMILES string of the molecule is CSCC[C@H](NC(=O)COC1CCNCC1)C(=O)O. The lowest BCUT2D eigenvalue weighted by Crippen LogP contribution is -2.43. The molecule has 1 atom stereocenters. The Morgan fingerprint density at radius 2 is 2.16 bits per heavy atom. The molecular weight excluding hydrogens is 268 g/mol. The Balaban J connectivity index is 2.25. The van der Waals surface area contributed by atoms with Gasteiger partial charge in [-0.2, -0.15) is 11.8 Å². The number of piperidine rings is 1. The largest absolute Gasteiger partial charge is 0.480 e. The minimum Gasteiger partial charge on any atom is -0.480 e. The fourth-order valence-corrected chi connectivity index (χ4v) is 2.36. The smallest absolute Gasteiger partial charge is 0.326 e. The van der Waals surface area contributed by atoms with Crippen LogP contribution in [0.5, 0.6) is 0 Å². The van der Waals surface area contributed by atoms with E-state index in [4.69, 9.17) is 9.84 Å². The van der Waals surface area contributed by atoms with E-state index in [0.717, 1.165) is 25.9 Å². The molecule has 0 bridgehead atoms. The molecule has 19 heavy (non-hydrogen) atoms. The van der Waals surface area contributed by atoms with Crippen molar-refractivity contribution >= 4 is 23.6 Å². The summed E-state index contributed by atoms with van der Waals surface area (Å²) in [6.07, 6.45) is 4.21. The van der Waals surface area contributed by atoms with Crippen molar-refractivity contribution in [2.45, 2.75) is 31.4 Å². The Bertz CT molecular complexity index is 295. The number of nitrogens with one attached hydrogen (secondary N) is 2. The molecule has 0 unspecified atom stereocenters. The Morgan fingerprint density at radius 3 is 2.74 bits per heavy atom. The van der Waals surface area contributed by atoms with Crippen molar-refractivity contribution in [1.82, 2.24) is 10.6 Å². The standard InChI is InChI=1S/C12H22N2O4S/c1-19-7-4-10(12(16)17)14-11(15)8-18-9-2-5-13-6-3-9/h9-10,13H,2-8H2,1H3,(H,14,15)(H,16,17)/t10-/m0/s1. The molecular formula is C12H22N2O4S. The topological polar surface area (TPSA) is 87.7 Å². The highest BCUT2D eigenvalue weighted by Crippen LogP contribution is 2.07. The predicted molar refractivity (Wildman–Crippen MR) is 74.4 cm³/mol. The number of hydrogen-bond donors (Lipinski definition) is 3. The van der Waals surface area contributed by atoms with Crippen molar-refractivity contribution in [2.24, 2.45) is 0 Å². The molecule has 7 heteroatoms. The van der Waals surface area contributed by atoms with Gasteiger partial charge in [0.2, 0.25) is 5.91 Å². The second-order valence-corrected chi connectivity index (χ2v) is 5.49. The zero-order valence-electron chi connectivity index (χ0n) is 11.2. The lowest BCUT2D eigenvalue weighted by atomic mass is 10.1. The summed E-state index contributed by atoms with van der Waals surface area (Å²) in [4.78, 5) is 22.6. The maximum absolute atomic E-state index is 11.6. The fourth-order valence-electron chi connectivity index (χ4n) is 1.88. The number of ether oxygens (including phenoxy) is 1. The van der Waals surface area contributed by atoms with Crippen LogP contribution in [0.25, 0.3) is 0 Å². The summed E-state index contributed by atoms with van der Waals surface area (Å²) in [7, 11) is 0. The zero-order chi connectivity index (χ0) is 14.1. The maximum atomic E-state index is 11.6. The van der Waals surface area contributed by atoms with Gasteiger partial charge in [0.15, 0.2) is 0 Å². The fraction of sp³-hybridized carbons (Fsp3) is 0.833. The molecule has 0 aliphatic carbocycles. The Hall–Kier alpha value is -0.790. The number of carbonyl (C=O) groups excluding carboxylic acids is 1. The summed E-state index contributed by atoms with van der Waals surface area (Å²) in [5.74, 6) is -0.650. The van der Waals surface area contributed by atoms with E-state index in [1.54, 1.807) is 11.8 Å². The van der Waals surface area contributed by atoms with Crippen molar-refractivity contribution in [3.63, 3.8) is 0 Å². The Morgan fingerprint density at radius 1 is 1.47 bits per heavy atom. The van der Waals surface area contributed by atoms with Gasteiger partial charge in [0.1, 0.15) is 12.6 Å². The van der Waals surface area contributed by atoms with Crippen LogP contribution in [-0.2, 0) is 14.3 Å². The molecule has 1 fully saturated rings. The molecule has 1 aliphatic heterocycles. The molecule has 1 aliphatic rings. The van der Waals surface area contributed by atoms with Crippen LogP contribution in [0.15, 0.2) is 0 Å². The van der Waals surface area contributed by atoms with Crippen LogP contribution in [0.3, 0.4) is 0 Å². The van der Waals surface area contributed by atoms with Crippen molar-refractivity contribution in [2.75, 3.05) is 31.7 Å². The van der Waals surface area contributed by atoms with Crippen LogP contribution >= 0.6 is 11.8 Å². The van der Waals surface area contributed by atoms with E-state index in [1.807, 2.05) is 6.26 Å². The van der Waals surface area contributed by atoms with Gasteiger partial charge in [-0.05, 0) is 44.4 Å². The van der Waals surface area contributed by atoms with Crippen molar-refractivity contribution < 1.29 is 19.4 Å². The molecule has 0 aromatic heterocycles. The van der Waals surface area contributed by atoms with Gasteiger partial charge in [-0.3, -0.25) is 4.79 Å². The molecule has 1 amide bonds. The summed E-state index contributed by atoms with van der Waals surface area (Å²) in [6.45, 7) is 1.74. The number of rotatable bonds is 8. The highest BCUT2D eigenvalue weighted by Gasteiger charge is 2.20. The molecule has 3 N–H and O–H groups in total. The number of carbonyl (C=O) groups is 2. The Kier molecular flexibility index (Phi) is 7.85. The average Bonchev–Trinajstić information content (AvgIpc) is 2.42. The first kappa shape index (κ1) is 16.3. The number of hydrogen-bond acceptors (Lipinski definition) is 5. The van der Waals surface area contributed by atoms with Gasteiger partial charge in [0.25, 0.3) is 0 Å². The van der Waals surface area contributed by atoms with Gasteiger partial charge < -0.3 is 20.5 Å². The third kappa shape index (κ3) is 6.79. The second-order valence-electron chi connectivity index (χ2n) is 4.50. The highest BCUT2D eigenvalue weighted by molar-refractivity contribution is 7.98. The first-order chi connectivity index (χ1) is 9.13. The lowest BCUT2D eigenvalue weighted by molar-refractivity contribution is -0.143. The molecule has 6 nitrogen and oxygen atoms in total. The van der Waals surface area contributed by atoms with Crippen molar-refractivity contribution in [1.29, 1.82) is 0 Å². The van der Waals surface area contributed by atoms with Crippen LogP contribution in [0.2, 0.25) is 0 Å². The molecule has 0 aromatic rings. The first-order valence-corrected chi connectivity index (χ1v) is 7.86. The quantitative estimate of drug-likeness (QED) is 0.587. The van der Waals surface area contributed by atoms with Gasteiger partial charge in [-0.15, -0.1) is 0 Å². The molecule has 1 heterocycles. The molecule has 0 aromatic carbocycles. The minimum atomic E-state index is -0.996. The molecule has 0 saturated carbocycles. The van der Waals surface area contributed by atoms with Crippen LogP contribution in [0, 0.1) is 0 Å². The van der Waals surface area contributed by atoms with Crippen LogP contribution in [-0.4, -0.2) is 60.8 Å². The number of thioether (sulfide) groups is 1. The predicted octanol–water partition coefficient (Wildman–Crippen LogP) is 0.0775. The van der Waals surface area contributed by atoms with Crippen molar-refractivity contribution in [3.8, 4) is 0 Å². The van der Waals surface area contributed by atoms with E-state index < -0.39 is 12.0 Å². The van der Waals surface area contributed by atoms with E-state index in [2.05, 4.69) is 10.6 Å². The highest BCUT2D eigenvalue weighted by atomic mass is 32.2. The summed E-state index contributed by atoms with van der Waals surface area (Å²) in [6, 6.07) is -0.823. The maximum Gasteiger partial charge on any atom is 0.326 e. The van der Waals surface area contributed by atoms with E-state index >= 15 is 0 Å². The monoisotopic (exact) mass is 290 g/mol. The van der Waals surface area contributed by atoms with Gasteiger partial charge in [-0.1, -0.05) is 0 Å². The van der Waals surface area contributed by atoms with Gasteiger partial charge in [0.05, 0.1) is 6.10 Å². The molecule has 1 rings (SSSR count). The summed E-state index contributed by atoms with van der Waals surface area (Å²) < 4.78 is 5.48. The average molecular weight is 290 g/mol. The third-order valence-corrected chi connectivity index (χ3v) is 3.62. The summed E-state index contributed by atoms with van der Waals surface area (Å²) in [5, 5.41) is 14.7. The van der Waals surface area contributed by atoms with Crippen LogP contribution < -0.4 is 10.6 Å². The zero-order valence-corrected chi connectivity index (χ0v) is 12.0. The first-order valence-electron chi connectivity index (χ1n) is 6.47. The minimum absolute atomic E-state index is 0.0618. The normalized spacial score (nSPS) is 17.9. The van der Waals surface area contributed by atoms with Crippen LogP contribution in [0.4, 0.5) is 0 Å². The van der Waals surface area contributed by atoms with Gasteiger partial charge >= 0.3 is 5.97 Å². The second kappa shape index (κ2) is 9.17. The van der Waals surface area contributed by atoms with Gasteiger partial charge in [0, 0.05) is 0 Å². The lowest BCUT2D eigenvalue weighted by Gasteiger charge is -2.23. The Labute approximate surface area is 117 Å². The van der Waals surface area contributed by atoms with Gasteiger partial charge in [-0.25, -0.2) is 4.79 Å². The number of amides is 1. The number of aliphatic carboxylic acids is 1. The summed E-state index contributed by atoms with van der Waals surface area (Å²) in [5.41, 5.74) is 0. The third-order valence-electron chi connectivity index (χ3n) is 2.98. The summed E-state index contributed by atoms with van der Waals surface area (Å²) >= 11 is 1.56. The number of carboxylic acids is 1. The van der Waals surface area contributed by atoms with Crippen molar-refractivity contribution in [3.05, 3.63) is 0 Å². The number of carboxylic acid groups (broad SMARTS) is 1. The molecule has 1 saturated heterocycles. The molecule has 0 spiro atoms. The van der Waals surface area contributed by atoms with E-state index in [1.165, 1.54) is 0 Å². The van der Waals surface area contributed by atoms with E-state index in [9.17, 15) is 9.59 Å². The van der Waals surface area contributed by atoms with E-state index in [0.29, 0.717) is 12.2 Å². The van der Waals surface area contributed by atoms with E-state index in [-0.39, 0.29) is 18.6 Å². The van der Waals surface area contributed by atoms with Crippen LogP contribution in [0.1, 0.15) is 19.3 Å².